The van der Waals surface area contributed by atoms with E-state index in [1.807, 2.05) is 4.90 Å². The summed E-state index contributed by atoms with van der Waals surface area (Å²) in [4.78, 5) is 19.0. The number of ether oxygens (including phenoxy) is 2. The third-order valence-corrected chi connectivity index (χ3v) is 5.41. The average molecular weight is 349 g/mol. The van der Waals surface area contributed by atoms with E-state index in [1.54, 1.807) is 0 Å². The molecule has 1 aliphatic carbocycles. The number of amides is 1. The molecule has 2 aliphatic heterocycles. The fraction of sp³-hybridized carbons (Fsp3) is 0.833. The van der Waals surface area contributed by atoms with Crippen LogP contribution in [0.1, 0.15) is 56.2 Å². The topological polar surface area (TPSA) is 77.7 Å². The summed E-state index contributed by atoms with van der Waals surface area (Å²) in [5, 5.41) is 4.02. The van der Waals surface area contributed by atoms with Crippen molar-refractivity contribution in [1.82, 2.24) is 15.0 Å². The molecular formula is C18H27N3O4. The minimum Gasteiger partial charge on any atom is -0.381 e. The fourth-order valence-electron chi connectivity index (χ4n) is 3.63. The van der Waals surface area contributed by atoms with E-state index in [0.717, 1.165) is 50.5 Å². The first-order valence-corrected chi connectivity index (χ1v) is 9.60. The van der Waals surface area contributed by atoms with E-state index < -0.39 is 0 Å². The zero-order valence-electron chi connectivity index (χ0n) is 14.7. The zero-order chi connectivity index (χ0) is 17.1. The van der Waals surface area contributed by atoms with Crippen molar-refractivity contribution in [2.24, 2.45) is 5.92 Å². The van der Waals surface area contributed by atoms with Crippen LogP contribution >= 0.6 is 0 Å². The molecule has 7 heteroatoms. The van der Waals surface area contributed by atoms with Gasteiger partial charge in [0, 0.05) is 44.6 Å². The molecule has 0 radical (unpaired) electrons. The molecule has 0 N–H and O–H groups in total. The molecule has 7 nitrogen and oxygen atoms in total. The van der Waals surface area contributed by atoms with Crippen molar-refractivity contribution in [2.45, 2.75) is 57.0 Å². The second-order valence-electron chi connectivity index (χ2n) is 7.36. The molecule has 0 bridgehead atoms. The first-order chi connectivity index (χ1) is 12.3. The Hall–Kier alpha value is -1.47. The van der Waals surface area contributed by atoms with Crippen molar-refractivity contribution < 1.29 is 18.8 Å². The van der Waals surface area contributed by atoms with Gasteiger partial charge in [-0.3, -0.25) is 4.79 Å². The molecule has 138 valence electrons. The van der Waals surface area contributed by atoms with E-state index in [0.29, 0.717) is 38.1 Å². The highest BCUT2D eigenvalue weighted by Gasteiger charge is 2.30. The normalized spacial score (nSPS) is 23.1. The molecule has 1 aromatic rings. The highest BCUT2D eigenvalue weighted by atomic mass is 16.5. The number of hydrogen-bond donors (Lipinski definition) is 0. The van der Waals surface area contributed by atoms with Crippen LogP contribution < -0.4 is 0 Å². The van der Waals surface area contributed by atoms with Crippen LogP contribution in [0, 0.1) is 5.92 Å². The second-order valence-corrected chi connectivity index (χ2v) is 7.36. The Morgan fingerprint density at radius 2 is 1.88 bits per heavy atom. The van der Waals surface area contributed by atoms with Gasteiger partial charge in [0.2, 0.25) is 11.8 Å². The smallest absolute Gasteiger partial charge is 0.229 e. The molecule has 4 rings (SSSR count). The van der Waals surface area contributed by atoms with Crippen LogP contribution in [0.25, 0.3) is 0 Å². The molecule has 0 unspecified atom stereocenters. The van der Waals surface area contributed by atoms with Crippen LogP contribution in [0.3, 0.4) is 0 Å². The lowest BCUT2D eigenvalue weighted by atomic mass is 9.97. The van der Waals surface area contributed by atoms with E-state index in [1.165, 1.54) is 12.8 Å². The van der Waals surface area contributed by atoms with Gasteiger partial charge < -0.3 is 18.9 Å². The van der Waals surface area contributed by atoms with Crippen molar-refractivity contribution in [1.29, 1.82) is 0 Å². The van der Waals surface area contributed by atoms with Gasteiger partial charge in [0.1, 0.15) is 0 Å². The first kappa shape index (κ1) is 17.0. The summed E-state index contributed by atoms with van der Waals surface area (Å²) in [7, 11) is 0. The average Bonchev–Trinajstić information content (AvgIpc) is 3.41. The van der Waals surface area contributed by atoms with Crippen LogP contribution in [0.4, 0.5) is 0 Å². The molecule has 3 aliphatic rings. The van der Waals surface area contributed by atoms with Gasteiger partial charge in [0.05, 0.1) is 12.7 Å². The van der Waals surface area contributed by atoms with E-state index in [4.69, 9.17) is 14.0 Å². The number of rotatable bonds is 6. The van der Waals surface area contributed by atoms with Gasteiger partial charge in [-0.15, -0.1) is 0 Å². The van der Waals surface area contributed by atoms with Crippen molar-refractivity contribution in [3.05, 3.63) is 11.7 Å². The zero-order valence-corrected chi connectivity index (χ0v) is 14.7. The van der Waals surface area contributed by atoms with E-state index in [-0.39, 0.29) is 12.0 Å². The number of likely N-dealkylation sites (tertiary alicyclic amines) is 1. The second kappa shape index (κ2) is 7.83. The van der Waals surface area contributed by atoms with E-state index >= 15 is 0 Å². The molecule has 0 aromatic carbocycles. The summed E-state index contributed by atoms with van der Waals surface area (Å²) in [6.07, 6.45) is 6.81. The van der Waals surface area contributed by atoms with Crippen LogP contribution in [0.5, 0.6) is 0 Å². The third kappa shape index (κ3) is 4.39. The predicted octanol–water partition coefficient (Wildman–Crippen LogP) is 1.92. The molecule has 0 spiro atoms. The molecule has 1 aromatic heterocycles. The molecule has 1 amide bonds. The fourth-order valence-corrected chi connectivity index (χ4v) is 3.63. The van der Waals surface area contributed by atoms with Gasteiger partial charge in [0.25, 0.3) is 0 Å². The Balaban J connectivity index is 1.15. The number of aromatic nitrogens is 2. The molecule has 3 heterocycles. The number of carbonyl (C=O) groups is 1. The lowest BCUT2D eigenvalue weighted by molar-refractivity contribution is -0.141. The van der Waals surface area contributed by atoms with Gasteiger partial charge in [-0.2, -0.15) is 4.98 Å². The minimum atomic E-state index is 0.158. The van der Waals surface area contributed by atoms with Gasteiger partial charge in [-0.05, 0) is 38.5 Å². The van der Waals surface area contributed by atoms with Gasteiger partial charge in [-0.25, -0.2) is 0 Å². The number of nitrogens with zero attached hydrogens (tertiary/aromatic N) is 3. The molecule has 2 saturated heterocycles. The highest BCUT2D eigenvalue weighted by Crippen LogP contribution is 2.38. The summed E-state index contributed by atoms with van der Waals surface area (Å²) >= 11 is 0. The number of hydrogen-bond acceptors (Lipinski definition) is 6. The Morgan fingerprint density at radius 1 is 1.12 bits per heavy atom. The molecule has 0 atom stereocenters. The monoisotopic (exact) mass is 349 g/mol. The maximum absolute atomic E-state index is 12.5. The summed E-state index contributed by atoms with van der Waals surface area (Å²) in [5.74, 6) is 2.50. The Labute approximate surface area is 148 Å². The molecular weight excluding hydrogens is 322 g/mol. The van der Waals surface area contributed by atoms with E-state index in [2.05, 4.69) is 10.1 Å². The Morgan fingerprint density at radius 3 is 2.60 bits per heavy atom. The Kier molecular flexibility index (Phi) is 5.31. The summed E-state index contributed by atoms with van der Waals surface area (Å²) in [5.41, 5.74) is 0. The van der Waals surface area contributed by atoms with Crippen molar-refractivity contribution in [3.8, 4) is 0 Å². The van der Waals surface area contributed by atoms with Gasteiger partial charge in [0.15, 0.2) is 5.82 Å². The summed E-state index contributed by atoms with van der Waals surface area (Å²) < 4.78 is 16.6. The first-order valence-electron chi connectivity index (χ1n) is 9.60. The maximum atomic E-state index is 12.5. The number of carbonyl (C=O) groups excluding carboxylic acids is 1. The van der Waals surface area contributed by atoms with Crippen LogP contribution in [0.2, 0.25) is 0 Å². The van der Waals surface area contributed by atoms with Gasteiger partial charge >= 0.3 is 0 Å². The van der Waals surface area contributed by atoms with Crippen molar-refractivity contribution in [3.63, 3.8) is 0 Å². The lowest BCUT2D eigenvalue weighted by Crippen LogP contribution is -2.44. The van der Waals surface area contributed by atoms with Crippen LogP contribution in [-0.4, -0.2) is 60.0 Å². The quantitative estimate of drug-likeness (QED) is 0.781. The minimum absolute atomic E-state index is 0.158. The van der Waals surface area contributed by atoms with E-state index in [9.17, 15) is 4.79 Å². The maximum Gasteiger partial charge on any atom is 0.229 e. The Bertz CT molecular complexity index is 573. The highest BCUT2D eigenvalue weighted by molar-refractivity contribution is 5.79. The summed E-state index contributed by atoms with van der Waals surface area (Å²) in [6.45, 7) is 3.65. The summed E-state index contributed by atoms with van der Waals surface area (Å²) in [6, 6.07) is 0. The van der Waals surface area contributed by atoms with Crippen molar-refractivity contribution >= 4 is 5.91 Å². The largest absolute Gasteiger partial charge is 0.381 e. The number of piperidine rings is 1. The molecule has 25 heavy (non-hydrogen) atoms. The molecule has 1 saturated carbocycles. The van der Waals surface area contributed by atoms with Gasteiger partial charge in [-0.1, -0.05) is 5.16 Å². The van der Waals surface area contributed by atoms with Crippen molar-refractivity contribution in [2.75, 3.05) is 32.9 Å². The third-order valence-electron chi connectivity index (χ3n) is 5.41. The molecule has 3 fully saturated rings. The standard InChI is InChI=1S/C18H27N3O4/c22-18(14-5-10-23-11-6-14)21-8-3-15(4-9-21)24-12-7-16-19-17(25-20-16)13-1-2-13/h13-15H,1-12H2. The predicted molar refractivity (Wildman–Crippen MR) is 89.1 cm³/mol. The van der Waals surface area contributed by atoms with Crippen LogP contribution in [-0.2, 0) is 20.7 Å². The lowest BCUT2D eigenvalue weighted by Gasteiger charge is -2.35. The van der Waals surface area contributed by atoms with Crippen LogP contribution in [0.15, 0.2) is 4.52 Å². The SMILES string of the molecule is O=C(C1CCOCC1)N1CCC(OCCc2noc(C3CC3)n2)CC1.